The first-order chi connectivity index (χ1) is 30.6. The summed E-state index contributed by atoms with van der Waals surface area (Å²) in [7, 11) is 1.62. The Morgan fingerprint density at radius 1 is 0.508 bits per heavy atom. The van der Waals surface area contributed by atoms with E-state index in [4.69, 9.17) is 18.5 Å². The molecule has 2 unspecified atom stereocenters. The molecule has 0 aromatic rings. The third-order valence-corrected chi connectivity index (χ3v) is 10.8. The fourth-order valence-electron chi connectivity index (χ4n) is 6.03. The van der Waals surface area contributed by atoms with Crippen LogP contribution in [-0.2, 0) is 27.9 Å². The van der Waals surface area contributed by atoms with E-state index < -0.39 is 13.9 Å². The van der Waals surface area contributed by atoms with Crippen molar-refractivity contribution in [3.8, 4) is 0 Å². The van der Waals surface area contributed by atoms with Crippen LogP contribution in [-0.4, -0.2) is 75.6 Å². The molecule has 9 heteroatoms. The van der Waals surface area contributed by atoms with Gasteiger partial charge in [0.2, 0.25) is 0 Å². The largest absolute Gasteiger partial charge is 0.472 e. The Bertz CT molecular complexity index is 1370. The molecule has 0 amide bonds. The second-order valence-electron chi connectivity index (χ2n) is 17.1. The van der Waals surface area contributed by atoms with Crippen LogP contribution in [0.25, 0.3) is 0 Å². The minimum atomic E-state index is -4.30. The van der Waals surface area contributed by atoms with Gasteiger partial charge in [0.25, 0.3) is 0 Å². The number of likely N-dealkylation sites (N-methyl/N-ethyl adjacent to an activating group) is 1. The van der Waals surface area contributed by atoms with E-state index in [1.807, 2.05) is 21.1 Å². The zero-order valence-electron chi connectivity index (χ0n) is 40.8. The Morgan fingerprint density at radius 2 is 0.921 bits per heavy atom. The highest BCUT2D eigenvalue weighted by Gasteiger charge is 2.26. The molecule has 0 aromatic heterocycles. The van der Waals surface area contributed by atoms with E-state index in [2.05, 4.69) is 123 Å². The second-order valence-corrected chi connectivity index (χ2v) is 18.6. The SMILES string of the molecule is CC/C=C\C/C=C\C/C=C\C/C=C\C/C=C\C/C=C\C/C=C\CCCCCCOCC(COP(=O)(O)OCC[N+](C)(C)C)OC(=O)CCCCCCC/C=C\C/C=C\CCCCC. The second kappa shape index (κ2) is 45.7. The van der Waals surface area contributed by atoms with Gasteiger partial charge in [-0.2, -0.15) is 0 Å². The molecule has 63 heavy (non-hydrogen) atoms. The molecule has 360 valence electrons. The Kier molecular flexibility index (Phi) is 43.7. The summed E-state index contributed by atoms with van der Waals surface area (Å²) >= 11 is 0. The van der Waals surface area contributed by atoms with Gasteiger partial charge in [-0.1, -0.05) is 168 Å². The number of ether oxygens (including phenoxy) is 2. The van der Waals surface area contributed by atoms with Crippen molar-refractivity contribution in [3.05, 3.63) is 109 Å². The van der Waals surface area contributed by atoms with Crippen LogP contribution in [0.2, 0.25) is 0 Å². The van der Waals surface area contributed by atoms with Gasteiger partial charge in [-0.05, 0) is 103 Å². The molecule has 2 atom stereocenters. The maximum atomic E-state index is 12.7. The van der Waals surface area contributed by atoms with Gasteiger partial charge in [0.15, 0.2) is 0 Å². The van der Waals surface area contributed by atoms with E-state index in [0.29, 0.717) is 24.1 Å². The number of esters is 1. The molecule has 0 aromatic carbocycles. The number of allylic oxidation sites excluding steroid dienone is 18. The molecule has 1 N–H and O–H groups in total. The van der Waals surface area contributed by atoms with Crippen molar-refractivity contribution in [1.29, 1.82) is 0 Å². The summed E-state index contributed by atoms with van der Waals surface area (Å²) in [6.07, 6.45) is 64.2. The number of carbonyl (C=O) groups is 1. The van der Waals surface area contributed by atoms with Crippen molar-refractivity contribution in [2.45, 2.75) is 174 Å². The molecule has 0 saturated heterocycles. The van der Waals surface area contributed by atoms with Crippen molar-refractivity contribution >= 4 is 13.8 Å². The predicted octanol–water partition coefficient (Wildman–Crippen LogP) is 15.2. The first-order valence-electron chi connectivity index (χ1n) is 24.6. The summed E-state index contributed by atoms with van der Waals surface area (Å²) in [5.41, 5.74) is 0. The molecule has 0 heterocycles. The molecule has 0 saturated carbocycles. The molecule has 0 fully saturated rings. The number of unbranched alkanes of at least 4 members (excludes halogenated alkanes) is 12. The smallest absolute Gasteiger partial charge is 0.457 e. The number of carbonyl (C=O) groups excluding carboxylic acids is 1. The third-order valence-electron chi connectivity index (χ3n) is 9.82. The van der Waals surface area contributed by atoms with Crippen LogP contribution in [0, 0.1) is 0 Å². The molecule has 0 aliphatic heterocycles. The van der Waals surface area contributed by atoms with Gasteiger partial charge in [-0.3, -0.25) is 13.8 Å². The summed E-state index contributed by atoms with van der Waals surface area (Å²) in [4.78, 5) is 22.9. The Balaban J connectivity index is 4.27. The lowest BCUT2D eigenvalue weighted by Crippen LogP contribution is -2.37. The summed E-state index contributed by atoms with van der Waals surface area (Å²) in [5, 5.41) is 0. The van der Waals surface area contributed by atoms with Crippen molar-refractivity contribution in [1.82, 2.24) is 0 Å². The maximum absolute atomic E-state index is 12.7. The van der Waals surface area contributed by atoms with Crippen LogP contribution in [0.15, 0.2) is 109 Å². The minimum Gasteiger partial charge on any atom is -0.457 e. The van der Waals surface area contributed by atoms with Gasteiger partial charge in [0, 0.05) is 13.0 Å². The van der Waals surface area contributed by atoms with Crippen molar-refractivity contribution < 1.29 is 37.3 Å². The first kappa shape index (κ1) is 60.2. The third kappa shape index (κ3) is 50.0. The number of phosphoric acid groups is 1. The van der Waals surface area contributed by atoms with E-state index >= 15 is 0 Å². The molecule has 0 bridgehead atoms. The number of hydrogen-bond acceptors (Lipinski definition) is 6. The summed E-state index contributed by atoms with van der Waals surface area (Å²) in [5.74, 6) is -0.342. The molecular formula is C54H93NO7P+. The fraction of sp³-hybridized carbons (Fsp3) is 0.648. The highest BCUT2D eigenvalue weighted by atomic mass is 31.2. The minimum absolute atomic E-state index is 0.0737. The quantitative estimate of drug-likeness (QED) is 0.0214. The zero-order valence-corrected chi connectivity index (χ0v) is 41.7. The Labute approximate surface area is 387 Å². The van der Waals surface area contributed by atoms with Crippen LogP contribution in [0.5, 0.6) is 0 Å². The van der Waals surface area contributed by atoms with Gasteiger partial charge in [0.05, 0.1) is 34.4 Å². The number of quaternary nitrogens is 1. The standard InChI is InChI=1S/C54H92NO7P/c1-6-8-10-12-14-16-18-20-22-23-24-25-26-27-28-29-30-31-32-34-36-38-40-42-44-46-49-59-51-53(52-61-63(57,58)60-50-48-55(3,4)5)62-54(56)47-45-43-41-39-37-35-33-21-19-17-15-13-11-9-7-2/h8,10,14-17,20-22,24-25,27-28,30-31,33-34,36,53H,6-7,9,11-13,18-19,23,26,29,32,35,37-52H2,1-5H3/p+1/b10-8-,16-14-,17-15-,22-20-,25-24-,28-27-,31-30-,33-21-,36-34-. The maximum Gasteiger partial charge on any atom is 0.472 e. The van der Waals surface area contributed by atoms with E-state index in [9.17, 15) is 14.3 Å². The molecule has 0 aliphatic rings. The van der Waals surface area contributed by atoms with Gasteiger partial charge < -0.3 is 18.9 Å². The van der Waals surface area contributed by atoms with E-state index in [1.165, 1.54) is 25.7 Å². The average Bonchev–Trinajstić information content (AvgIpc) is 3.24. The van der Waals surface area contributed by atoms with Gasteiger partial charge in [0.1, 0.15) is 19.3 Å². The molecule has 0 rings (SSSR count). The molecular weight excluding hydrogens is 806 g/mol. The highest BCUT2D eigenvalue weighted by molar-refractivity contribution is 7.47. The van der Waals surface area contributed by atoms with Crippen LogP contribution < -0.4 is 0 Å². The lowest BCUT2D eigenvalue weighted by molar-refractivity contribution is -0.870. The molecule has 8 nitrogen and oxygen atoms in total. The van der Waals surface area contributed by atoms with Gasteiger partial charge >= 0.3 is 13.8 Å². The van der Waals surface area contributed by atoms with Crippen molar-refractivity contribution in [3.63, 3.8) is 0 Å². The van der Waals surface area contributed by atoms with Crippen LogP contribution in [0.3, 0.4) is 0 Å². The topological polar surface area (TPSA) is 91.3 Å². The molecule has 0 spiro atoms. The average molecular weight is 899 g/mol. The summed E-state index contributed by atoms with van der Waals surface area (Å²) < 4.78 is 35.0. The fourth-order valence-corrected chi connectivity index (χ4v) is 6.77. The van der Waals surface area contributed by atoms with Gasteiger partial charge in [-0.25, -0.2) is 4.57 Å². The number of phosphoric ester groups is 1. The van der Waals surface area contributed by atoms with Crippen LogP contribution in [0.1, 0.15) is 168 Å². The van der Waals surface area contributed by atoms with Crippen LogP contribution in [0.4, 0.5) is 0 Å². The van der Waals surface area contributed by atoms with E-state index in [-0.39, 0.29) is 25.8 Å². The normalized spacial score (nSPS) is 14.6. The lowest BCUT2D eigenvalue weighted by Gasteiger charge is -2.24. The number of nitrogens with zero attached hydrogens (tertiary/aromatic N) is 1. The van der Waals surface area contributed by atoms with E-state index in [0.717, 1.165) is 122 Å². The first-order valence-corrected chi connectivity index (χ1v) is 26.1. The number of rotatable bonds is 44. The number of hydrogen-bond donors (Lipinski definition) is 1. The molecule has 0 aliphatic carbocycles. The molecule has 0 radical (unpaired) electrons. The lowest BCUT2D eigenvalue weighted by atomic mass is 10.1. The van der Waals surface area contributed by atoms with Crippen molar-refractivity contribution in [2.75, 3.05) is 54.1 Å². The van der Waals surface area contributed by atoms with Gasteiger partial charge in [-0.15, -0.1) is 0 Å². The van der Waals surface area contributed by atoms with Crippen molar-refractivity contribution in [2.24, 2.45) is 0 Å². The highest BCUT2D eigenvalue weighted by Crippen LogP contribution is 2.43. The monoisotopic (exact) mass is 899 g/mol. The van der Waals surface area contributed by atoms with E-state index in [1.54, 1.807) is 0 Å². The Morgan fingerprint density at radius 3 is 1.38 bits per heavy atom. The zero-order chi connectivity index (χ0) is 46.2. The Hall–Kier alpha value is -2.84. The summed E-state index contributed by atoms with van der Waals surface area (Å²) in [6, 6.07) is 0. The van der Waals surface area contributed by atoms with Crippen LogP contribution >= 0.6 is 7.82 Å². The predicted molar refractivity (Wildman–Crippen MR) is 270 cm³/mol. The summed E-state index contributed by atoms with van der Waals surface area (Å²) in [6.45, 7) is 5.37.